The van der Waals surface area contributed by atoms with E-state index in [1.807, 2.05) is 0 Å². The van der Waals surface area contributed by atoms with Gasteiger partial charge in [-0.3, -0.25) is 9.59 Å². The van der Waals surface area contributed by atoms with Crippen molar-refractivity contribution in [2.75, 3.05) is 5.32 Å². The number of ketones is 1. The van der Waals surface area contributed by atoms with Crippen LogP contribution in [0.4, 0.5) is 5.69 Å². The third kappa shape index (κ3) is 5.12. The second-order valence-electron chi connectivity index (χ2n) is 7.09. The van der Waals surface area contributed by atoms with Gasteiger partial charge in [0.1, 0.15) is 11.5 Å². The average Bonchev–Trinajstić information content (AvgIpc) is 2.70. The summed E-state index contributed by atoms with van der Waals surface area (Å²) in [5.41, 5.74) is -0.00751. The fraction of sp³-hybridized carbons (Fsp3) is 0.130. The molecule has 0 fully saturated rings. The fourth-order valence-electron chi connectivity index (χ4n) is 2.67. The number of anilines is 1. The van der Waals surface area contributed by atoms with Crippen molar-refractivity contribution in [3.63, 3.8) is 0 Å². The smallest absolute Gasteiger partial charge is 0.268 e. The van der Waals surface area contributed by atoms with E-state index in [4.69, 9.17) is 27.9 Å². The molecule has 0 aromatic heterocycles. The number of hydrogen-bond donors (Lipinski definition) is 2. The molecule has 0 bridgehead atoms. The minimum atomic E-state index is -1.24. The number of aromatic hydroxyl groups is 1. The van der Waals surface area contributed by atoms with Gasteiger partial charge in [0.2, 0.25) is 0 Å². The topological polar surface area (TPSA) is 75.6 Å². The van der Waals surface area contributed by atoms with Crippen molar-refractivity contribution in [1.82, 2.24) is 0 Å². The first kappa shape index (κ1) is 21.7. The van der Waals surface area contributed by atoms with Crippen LogP contribution in [0, 0.1) is 0 Å². The van der Waals surface area contributed by atoms with Crippen LogP contribution in [0.25, 0.3) is 0 Å². The lowest BCUT2D eigenvalue weighted by Gasteiger charge is -2.25. The summed E-state index contributed by atoms with van der Waals surface area (Å²) in [7, 11) is 0. The van der Waals surface area contributed by atoms with Gasteiger partial charge in [-0.2, -0.15) is 0 Å². The highest BCUT2D eigenvalue weighted by atomic mass is 35.5. The van der Waals surface area contributed by atoms with Crippen molar-refractivity contribution in [2.45, 2.75) is 19.4 Å². The maximum Gasteiger partial charge on any atom is 0.268 e. The van der Waals surface area contributed by atoms with E-state index < -0.39 is 11.5 Å². The van der Waals surface area contributed by atoms with Crippen LogP contribution in [0.15, 0.2) is 66.7 Å². The normalized spacial score (nSPS) is 11.1. The first-order valence-corrected chi connectivity index (χ1v) is 9.80. The Morgan fingerprint density at radius 2 is 1.40 bits per heavy atom. The van der Waals surface area contributed by atoms with Gasteiger partial charge in [-0.1, -0.05) is 23.2 Å². The Hall–Kier alpha value is -3.02. The maximum absolute atomic E-state index is 12.6. The van der Waals surface area contributed by atoms with Crippen molar-refractivity contribution in [3.05, 3.63) is 87.9 Å². The van der Waals surface area contributed by atoms with Gasteiger partial charge in [0.05, 0.1) is 5.69 Å². The van der Waals surface area contributed by atoms with Crippen LogP contribution in [0.1, 0.15) is 29.8 Å². The van der Waals surface area contributed by atoms with E-state index in [0.717, 1.165) is 0 Å². The number of hydrogen-bond acceptors (Lipinski definition) is 4. The van der Waals surface area contributed by atoms with Crippen molar-refractivity contribution < 1.29 is 19.4 Å². The number of amides is 1. The zero-order valence-electron chi connectivity index (χ0n) is 16.3. The van der Waals surface area contributed by atoms with Gasteiger partial charge in [0.15, 0.2) is 11.4 Å². The Balaban J connectivity index is 1.69. The number of ether oxygens (including phenoxy) is 1. The van der Waals surface area contributed by atoms with Crippen LogP contribution in [0.5, 0.6) is 11.5 Å². The number of carbonyl (C=O) groups is 2. The van der Waals surface area contributed by atoms with Crippen molar-refractivity contribution >= 4 is 40.6 Å². The molecule has 3 aromatic carbocycles. The predicted molar refractivity (Wildman–Crippen MR) is 118 cm³/mol. The molecular formula is C23H19Cl2NO4. The molecule has 0 radical (unpaired) electrons. The van der Waals surface area contributed by atoms with Gasteiger partial charge < -0.3 is 15.2 Å². The Morgan fingerprint density at radius 1 is 0.867 bits per heavy atom. The molecule has 0 aliphatic carbocycles. The van der Waals surface area contributed by atoms with Crippen LogP contribution >= 0.6 is 23.2 Å². The standard InChI is InChI=1S/C23H19Cl2NO4/c1-23(2,22(29)26-19-12-9-17(25)13-20(19)27)30-18-10-5-15(6-11-18)21(28)14-3-7-16(24)8-4-14/h3-13,27H,1-2H3,(H,26,29). The van der Waals surface area contributed by atoms with E-state index >= 15 is 0 Å². The molecule has 0 saturated carbocycles. The first-order chi connectivity index (χ1) is 14.2. The summed E-state index contributed by atoms with van der Waals surface area (Å²) in [6.45, 7) is 3.20. The van der Waals surface area contributed by atoms with Gasteiger partial charge >= 0.3 is 0 Å². The maximum atomic E-state index is 12.6. The molecule has 0 saturated heterocycles. The lowest BCUT2D eigenvalue weighted by atomic mass is 10.0. The van der Waals surface area contributed by atoms with Crippen molar-refractivity contribution in [3.8, 4) is 11.5 Å². The number of carbonyl (C=O) groups excluding carboxylic acids is 2. The zero-order valence-corrected chi connectivity index (χ0v) is 17.8. The molecule has 1 amide bonds. The third-order valence-corrected chi connectivity index (χ3v) is 4.84. The number of nitrogens with one attached hydrogen (secondary N) is 1. The van der Waals surface area contributed by atoms with Gasteiger partial charge in [-0.05, 0) is 74.5 Å². The summed E-state index contributed by atoms with van der Waals surface area (Å²) in [5, 5.41) is 13.4. The molecule has 0 atom stereocenters. The number of benzene rings is 3. The zero-order chi connectivity index (χ0) is 21.9. The SMILES string of the molecule is CC(C)(Oc1ccc(C(=O)c2ccc(Cl)cc2)cc1)C(=O)Nc1ccc(Cl)cc1O. The van der Waals surface area contributed by atoms with Gasteiger partial charge in [0.25, 0.3) is 5.91 Å². The van der Waals surface area contributed by atoms with Crippen molar-refractivity contribution in [2.24, 2.45) is 0 Å². The van der Waals surface area contributed by atoms with Gasteiger partial charge in [-0.15, -0.1) is 0 Å². The van der Waals surface area contributed by atoms with Crippen LogP contribution in [0.3, 0.4) is 0 Å². The highest BCUT2D eigenvalue weighted by Crippen LogP contribution is 2.28. The van der Waals surface area contributed by atoms with E-state index in [-0.39, 0.29) is 17.2 Å². The lowest BCUT2D eigenvalue weighted by molar-refractivity contribution is -0.128. The van der Waals surface area contributed by atoms with Crippen LogP contribution < -0.4 is 10.1 Å². The number of rotatable bonds is 6. The molecule has 0 unspecified atom stereocenters. The molecular weight excluding hydrogens is 425 g/mol. The van der Waals surface area contributed by atoms with Crippen LogP contribution in [-0.4, -0.2) is 22.4 Å². The van der Waals surface area contributed by atoms with Crippen LogP contribution in [0.2, 0.25) is 10.0 Å². The Labute approximate surface area is 184 Å². The number of phenolic OH excluding ortho intramolecular Hbond substituents is 1. The van der Waals surface area contributed by atoms with Gasteiger partial charge in [0, 0.05) is 27.2 Å². The molecule has 3 rings (SSSR count). The minimum absolute atomic E-state index is 0.142. The summed E-state index contributed by atoms with van der Waals surface area (Å²) in [4.78, 5) is 25.2. The van der Waals surface area contributed by atoms with E-state index in [1.165, 1.54) is 12.1 Å². The predicted octanol–water partition coefficient (Wildman–Crippen LogP) is 5.73. The van der Waals surface area contributed by atoms with E-state index in [2.05, 4.69) is 5.32 Å². The fourth-order valence-corrected chi connectivity index (χ4v) is 2.96. The summed E-state index contributed by atoms with van der Waals surface area (Å²) in [5.74, 6) is -0.324. The third-order valence-electron chi connectivity index (χ3n) is 4.35. The second kappa shape index (κ2) is 8.78. The minimum Gasteiger partial charge on any atom is -0.506 e. The molecule has 0 aliphatic rings. The molecule has 7 heteroatoms. The molecule has 0 heterocycles. The number of phenols is 1. The molecule has 0 spiro atoms. The summed E-state index contributed by atoms with van der Waals surface area (Å²) in [6.07, 6.45) is 0. The average molecular weight is 444 g/mol. The molecule has 3 aromatic rings. The molecule has 30 heavy (non-hydrogen) atoms. The Morgan fingerprint density at radius 3 is 1.97 bits per heavy atom. The quantitative estimate of drug-likeness (QED) is 0.376. The van der Waals surface area contributed by atoms with E-state index in [1.54, 1.807) is 68.4 Å². The summed E-state index contributed by atoms with van der Waals surface area (Å²) < 4.78 is 5.81. The lowest BCUT2D eigenvalue weighted by Crippen LogP contribution is -2.42. The van der Waals surface area contributed by atoms with E-state index in [0.29, 0.717) is 26.9 Å². The first-order valence-electron chi connectivity index (χ1n) is 9.05. The number of halogens is 2. The second-order valence-corrected chi connectivity index (χ2v) is 7.96. The van der Waals surface area contributed by atoms with Crippen LogP contribution in [-0.2, 0) is 4.79 Å². The molecule has 0 aliphatic heterocycles. The van der Waals surface area contributed by atoms with Crippen molar-refractivity contribution in [1.29, 1.82) is 0 Å². The molecule has 154 valence electrons. The largest absolute Gasteiger partial charge is 0.506 e. The Kier molecular flexibility index (Phi) is 6.34. The highest BCUT2D eigenvalue weighted by molar-refractivity contribution is 6.31. The Bertz CT molecular complexity index is 1080. The highest BCUT2D eigenvalue weighted by Gasteiger charge is 2.30. The molecule has 5 nitrogen and oxygen atoms in total. The summed E-state index contributed by atoms with van der Waals surface area (Å²) >= 11 is 11.7. The summed E-state index contributed by atoms with van der Waals surface area (Å²) in [6, 6.07) is 17.5. The van der Waals surface area contributed by atoms with Gasteiger partial charge in [-0.25, -0.2) is 0 Å². The monoisotopic (exact) mass is 443 g/mol. The molecule has 2 N–H and O–H groups in total. The van der Waals surface area contributed by atoms with E-state index in [9.17, 15) is 14.7 Å².